The summed E-state index contributed by atoms with van der Waals surface area (Å²) in [6.07, 6.45) is 2.39. The lowest BCUT2D eigenvalue weighted by Gasteiger charge is -2.10. The van der Waals surface area contributed by atoms with E-state index in [-0.39, 0.29) is 6.61 Å². The maximum atomic E-state index is 9.05. The number of hydrogen-bond donors (Lipinski definition) is 2. The van der Waals surface area contributed by atoms with Crippen LogP contribution in [0.25, 0.3) is 0 Å². The largest absolute Gasteiger partial charge is 0.439 e. The Hall–Kier alpha value is -1.91. The summed E-state index contributed by atoms with van der Waals surface area (Å²) in [5, 5.41) is 12.3. The lowest BCUT2D eigenvalue weighted by molar-refractivity contribution is 0.297. The zero-order valence-corrected chi connectivity index (χ0v) is 11.7. The van der Waals surface area contributed by atoms with E-state index in [4.69, 9.17) is 9.84 Å². The first-order valence-corrected chi connectivity index (χ1v) is 6.85. The zero-order chi connectivity index (χ0) is 14.2. The predicted octanol–water partition coefficient (Wildman–Crippen LogP) is 2.52. The number of ether oxygens (including phenoxy) is 1. The van der Waals surface area contributed by atoms with Gasteiger partial charge in [-0.1, -0.05) is 31.2 Å². The standard InChI is InChI=1S/C16H20N2O2/c1-2-17-11-13-7-8-16(18-12-13)20-15-6-4-3-5-14(15)9-10-19/h3-8,12,17,19H,2,9-11H2,1H3. The van der Waals surface area contributed by atoms with Crippen molar-refractivity contribution in [1.29, 1.82) is 0 Å². The average Bonchev–Trinajstić information content (AvgIpc) is 2.49. The van der Waals surface area contributed by atoms with Gasteiger partial charge in [0.15, 0.2) is 0 Å². The van der Waals surface area contributed by atoms with Gasteiger partial charge in [-0.15, -0.1) is 0 Å². The number of aliphatic hydroxyl groups is 1. The molecule has 1 aromatic carbocycles. The molecule has 106 valence electrons. The maximum Gasteiger partial charge on any atom is 0.219 e. The fourth-order valence-electron chi connectivity index (χ4n) is 1.89. The van der Waals surface area contributed by atoms with Crippen LogP contribution in [-0.2, 0) is 13.0 Å². The molecule has 0 aliphatic heterocycles. The summed E-state index contributed by atoms with van der Waals surface area (Å²) >= 11 is 0. The fraction of sp³-hybridized carbons (Fsp3) is 0.312. The van der Waals surface area contributed by atoms with Gasteiger partial charge in [0.05, 0.1) is 0 Å². The molecule has 0 aliphatic carbocycles. The lowest BCUT2D eigenvalue weighted by atomic mass is 10.1. The highest BCUT2D eigenvalue weighted by atomic mass is 16.5. The van der Waals surface area contributed by atoms with E-state index in [0.717, 1.165) is 30.0 Å². The van der Waals surface area contributed by atoms with Crippen molar-refractivity contribution < 1.29 is 9.84 Å². The summed E-state index contributed by atoms with van der Waals surface area (Å²) in [6.45, 7) is 3.93. The van der Waals surface area contributed by atoms with Gasteiger partial charge in [-0.2, -0.15) is 0 Å². The minimum atomic E-state index is 0.107. The van der Waals surface area contributed by atoms with Crippen LogP contribution in [0, 0.1) is 0 Å². The normalized spacial score (nSPS) is 10.5. The lowest BCUT2D eigenvalue weighted by Crippen LogP contribution is -2.11. The minimum Gasteiger partial charge on any atom is -0.439 e. The quantitative estimate of drug-likeness (QED) is 0.813. The van der Waals surface area contributed by atoms with E-state index < -0.39 is 0 Å². The number of para-hydroxylation sites is 1. The molecule has 1 heterocycles. The number of nitrogens with zero attached hydrogens (tertiary/aromatic N) is 1. The van der Waals surface area contributed by atoms with Crippen molar-refractivity contribution in [3.63, 3.8) is 0 Å². The fourth-order valence-corrected chi connectivity index (χ4v) is 1.89. The number of hydrogen-bond acceptors (Lipinski definition) is 4. The van der Waals surface area contributed by atoms with Gasteiger partial charge in [-0.05, 0) is 30.2 Å². The van der Waals surface area contributed by atoms with Gasteiger partial charge in [-0.25, -0.2) is 4.98 Å². The molecule has 0 bridgehead atoms. The summed E-state index contributed by atoms with van der Waals surface area (Å²) in [6, 6.07) is 11.5. The van der Waals surface area contributed by atoms with E-state index in [0.29, 0.717) is 12.3 Å². The van der Waals surface area contributed by atoms with Gasteiger partial charge >= 0.3 is 0 Å². The van der Waals surface area contributed by atoms with Crippen molar-refractivity contribution in [2.24, 2.45) is 0 Å². The van der Waals surface area contributed by atoms with Crippen LogP contribution in [-0.4, -0.2) is 23.2 Å². The molecule has 4 nitrogen and oxygen atoms in total. The van der Waals surface area contributed by atoms with Crippen LogP contribution in [0.15, 0.2) is 42.6 Å². The van der Waals surface area contributed by atoms with Gasteiger partial charge in [0.1, 0.15) is 5.75 Å². The van der Waals surface area contributed by atoms with E-state index in [1.165, 1.54) is 0 Å². The Balaban J connectivity index is 2.06. The second-order valence-electron chi connectivity index (χ2n) is 4.47. The first kappa shape index (κ1) is 14.5. The average molecular weight is 272 g/mol. The molecule has 0 atom stereocenters. The molecular weight excluding hydrogens is 252 g/mol. The van der Waals surface area contributed by atoms with Crippen molar-refractivity contribution in [1.82, 2.24) is 10.3 Å². The molecule has 0 saturated heterocycles. The summed E-state index contributed by atoms with van der Waals surface area (Å²) < 4.78 is 5.78. The van der Waals surface area contributed by atoms with Crippen LogP contribution >= 0.6 is 0 Å². The molecule has 2 aromatic rings. The maximum absolute atomic E-state index is 9.05. The number of benzene rings is 1. The Morgan fingerprint density at radius 1 is 1.20 bits per heavy atom. The smallest absolute Gasteiger partial charge is 0.219 e. The Labute approximate surface area is 119 Å². The SMILES string of the molecule is CCNCc1ccc(Oc2ccccc2CCO)nc1. The Morgan fingerprint density at radius 3 is 2.75 bits per heavy atom. The third-order valence-corrected chi connectivity index (χ3v) is 2.95. The van der Waals surface area contributed by atoms with Crippen molar-refractivity contribution in [3.05, 3.63) is 53.7 Å². The van der Waals surface area contributed by atoms with E-state index in [1.807, 2.05) is 42.6 Å². The number of aliphatic hydroxyl groups excluding tert-OH is 1. The van der Waals surface area contributed by atoms with Crippen molar-refractivity contribution in [2.45, 2.75) is 19.9 Å². The number of aromatic nitrogens is 1. The van der Waals surface area contributed by atoms with Crippen LogP contribution < -0.4 is 10.1 Å². The summed E-state index contributed by atoms with van der Waals surface area (Å²) in [5.74, 6) is 1.31. The highest BCUT2D eigenvalue weighted by Gasteiger charge is 2.04. The number of rotatable bonds is 7. The van der Waals surface area contributed by atoms with Crippen molar-refractivity contribution >= 4 is 0 Å². The minimum absolute atomic E-state index is 0.107. The monoisotopic (exact) mass is 272 g/mol. The van der Waals surface area contributed by atoms with E-state index in [2.05, 4.69) is 17.2 Å². The van der Waals surface area contributed by atoms with Crippen molar-refractivity contribution in [3.8, 4) is 11.6 Å². The second kappa shape index (κ2) is 7.62. The van der Waals surface area contributed by atoms with Crippen molar-refractivity contribution in [2.75, 3.05) is 13.2 Å². The van der Waals surface area contributed by atoms with Crippen LogP contribution in [0.1, 0.15) is 18.1 Å². The van der Waals surface area contributed by atoms with Gasteiger partial charge in [0.25, 0.3) is 0 Å². The second-order valence-corrected chi connectivity index (χ2v) is 4.47. The molecule has 20 heavy (non-hydrogen) atoms. The van der Waals surface area contributed by atoms with Crippen LogP contribution in [0.2, 0.25) is 0 Å². The zero-order valence-electron chi connectivity index (χ0n) is 11.7. The van der Waals surface area contributed by atoms with E-state index >= 15 is 0 Å². The van der Waals surface area contributed by atoms with E-state index in [1.54, 1.807) is 0 Å². The Kier molecular flexibility index (Phi) is 5.53. The van der Waals surface area contributed by atoms with Crippen LogP contribution in [0.4, 0.5) is 0 Å². The first-order valence-electron chi connectivity index (χ1n) is 6.85. The van der Waals surface area contributed by atoms with E-state index in [9.17, 15) is 0 Å². The molecule has 2 N–H and O–H groups in total. The highest BCUT2D eigenvalue weighted by molar-refractivity contribution is 5.36. The molecule has 0 fully saturated rings. The molecule has 0 amide bonds. The molecule has 0 saturated carbocycles. The topological polar surface area (TPSA) is 54.4 Å². The van der Waals surface area contributed by atoms with Crippen LogP contribution in [0.3, 0.4) is 0 Å². The molecule has 1 aromatic heterocycles. The molecule has 0 spiro atoms. The first-order chi connectivity index (χ1) is 9.83. The summed E-state index contributed by atoms with van der Waals surface area (Å²) in [4.78, 5) is 4.30. The van der Waals surface area contributed by atoms with Gasteiger partial charge in [0, 0.05) is 25.4 Å². The number of pyridine rings is 1. The summed E-state index contributed by atoms with van der Waals surface area (Å²) in [7, 11) is 0. The Morgan fingerprint density at radius 2 is 2.05 bits per heavy atom. The molecule has 4 heteroatoms. The highest BCUT2D eigenvalue weighted by Crippen LogP contribution is 2.24. The predicted molar refractivity (Wildman–Crippen MR) is 78.9 cm³/mol. The summed E-state index contributed by atoms with van der Waals surface area (Å²) in [5.41, 5.74) is 2.11. The van der Waals surface area contributed by atoms with Gasteiger partial charge in [0.2, 0.25) is 5.88 Å². The number of nitrogens with one attached hydrogen (secondary N) is 1. The molecule has 2 rings (SSSR count). The molecule has 0 radical (unpaired) electrons. The molecular formula is C16H20N2O2. The van der Waals surface area contributed by atoms with Crippen LogP contribution in [0.5, 0.6) is 11.6 Å². The van der Waals surface area contributed by atoms with Gasteiger partial charge < -0.3 is 15.2 Å². The molecule has 0 unspecified atom stereocenters. The van der Waals surface area contributed by atoms with Gasteiger partial charge in [-0.3, -0.25) is 0 Å². The Bertz CT molecular complexity index is 526. The third-order valence-electron chi connectivity index (χ3n) is 2.95. The third kappa shape index (κ3) is 4.05. The molecule has 0 aliphatic rings.